The summed E-state index contributed by atoms with van der Waals surface area (Å²) in [7, 11) is 3.56. The molecule has 0 radical (unpaired) electrons. The molecule has 9 heteroatoms. The summed E-state index contributed by atoms with van der Waals surface area (Å²) in [6.07, 6.45) is -1.61. The van der Waals surface area contributed by atoms with Crippen LogP contribution in [-0.2, 0) is 34.0 Å². The van der Waals surface area contributed by atoms with E-state index in [2.05, 4.69) is 0 Å². The third-order valence-corrected chi connectivity index (χ3v) is 6.48. The largest absolute Gasteiger partial charge is 0.452 e. The lowest BCUT2D eigenvalue weighted by molar-refractivity contribution is 0.0777. The van der Waals surface area contributed by atoms with Crippen LogP contribution in [0.4, 0.5) is 14.4 Å². The van der Waals surface area contributed by atoms with E-state index in [1.54, 1.807) is 12.1 Å². The van der Waals surface area contributed by atoms with Gasteiger partial charge in [-0.3, -0.25) is 0 Å². The lowest BCUT2D eigenvalue weighted by Crippen LogP contribution is -2.34. The average Bonchev–Trinajstić information content (AvgIpc) is 2.89. The van der Waals surface area contributed by atoms with Crippen molar-refractivity contribution in [2.45, 2.75) is 24.7 Å². The summed E-state index contributed by atoms with van der Waals surface area (Å²) in [6, 6.07) is 25.8. The molecule has 0 saturated heterocycles. The van der Waals surface area contributed by atoms with Gasteiger partial charge in [0.05, 0.1) is 0 Å². The average molecular weight is 498 g/mol. The Kier molecular flexibility index (Phi) is 9.87. The molecule has 0 N–H and O–H groups in total. The summed E-state index contributed by atoms with van der Waals surface area (Å²) in [6.45, 7) is 0.284. The van der Waals surface area contributed by atoms with Gasteiger partial charge in [-0.2, -0.15) is 0 Å². The van der Waals surface area contributed by atoms with Crippen molar-refractivity contribution in [1.29, 1.82) is 0 Å². The minimum Gasteiger partial charge on any atom is -0.452 e. The van der Waals surface area contributed by atoms with Crippen molar-refractivity contribution in [1.82, 2.24) is 4.90 Å². The molecule has 0 aromatic heterocycles. The van der Waals surface area contributed by atoms with Gasteiger partial charge >= 0.3 is 17.5 Å². The van der Waals surface area contributed by atoms with Gasteiger partial charge in [0.1, 0.15) is 19.8 Å². The maximum atomic E-state index is 12.1. The van der Waals surface area contributed by atoms with Crippen LogP contribution < -0.4 is 0 Å². The van der Waals surface area contributed by atoms with Crippen molar-refractivity contribution in [2.75, 3.05) is 7.05 Å². The van der Waals surface area contributed by atoms with Crippen LogP contribution in [0.1, 0.15) is 16.7 Å². The van der Waals surface area contributed by atoms with Crippen LogP contribution in [0, 0.1) is 0 Å². The fourth-order valence-electron chi connectivity index (χ4n) is 2.60. The van der Waals surface area contributed by atoms with Gasteiger partial charge in [-0.05, 0) is 39.6 Å². The van der Waals surface area contributed by atoms with Gasteiger partial charge in [-0.15, -0.1) is 0 Å². The van der Waals surface area contributed by atoms with E-state index in [4.69, 9.17) is 14.2 Å². The highest BCUT2D eigenvalue weighted by Crippen LogP contribution is 2.32. The summed E-state index contributed by atoms with van der Waals surface area (Å²) in [5, 5.41) is -0.381. The molecule has 0 atom stereocenters. The molecule has 0 aliphatic rings. The van der Waals surface area contributed by atoms with E-state index in [9.17, 15) is 14.4 Å². The second kappa shape index (κ2) is 13.3. The second-order valence-corrected chi connectivity index (χ2v) is 9.13. The molecule has 0 aliphatic carbocycles. The molecule has 3 aromatic rings. The molecule has 0 fully saturated rings. The zero-order chi connectivity index (χ0) is 24.2. The normalized spacial score (nSPS) is 10.3. The number of carbonyl (C=O) groups is 3. The maximum absolute atomic E-state index is 12.1. The highest BCUT2D eigenvalue weighted by molar-refractivity contribution is 8.82. The van der Waals surface area contributed by atoms with Gasteiger partial charge in [0.15, 0.2) is 0 Å². The standard InChI is InChI=1S/C25H23NO6S2/c1-26(23(27)30-16-19-8-4-2-5-9-19)24(28)31-17-21-12-14-22(15-13-21)33-34-25(29)32-18-20-10-6-3-7-11-20/h2-15H,16-18H2,1H3. The Balaban J connectivity index is 1.36. The zero-order valence-corrected chi connectivity index (χ0v) is 20.1. The first kappa shape index (κ1) is 25.2. The summed E-state index contributed by atoms with van der Waals surface area (Å²) in [5.74, 6) is 0. The van der Waals surface area contributed by atoms with Crippen LogP contribution in [0.25, 0.3) is 0 Å². The number of hydrogen-bond donors (Lipinski definition) is 0. The quantitative estimate of drug-likeness (QED) is 0.194. The Morgan fingerprint density at radius 1 is 0.647 bits per heavy atom. The first-order chi connectivity index (χ1) is 16.5. The lowest BCUT2D eigenvalue weighted by atomic mass is 10.2. The fraction of sp³-hybridized carbons (Fsp3) is 0.160. The Labute approximate surface area is 205 Å². The topological polar surface area (TPSA) is 82.1 Å². The van der Waals surface area contributed by atoms with Crippen LogP contribution in [0.5, 0.6) is 0 Å². The van der Waals surface area contributed by atoms with E-state index in [0.717, 1.165) is 37.3 Å². The fourth-order valence-corrected chi connectivity index (χ4v) is 4.09. The molecule has 2 amide bonds. The highest BCUT2D eigenvalue weighted by atomic mass is 33.1. The summed E-state index contributed by atoms with van der Waals surface area (Å²) >= 11 is 0. The minimum absolute atomic E-state index is 0.00759. The first-order valence-electron chi connectivity index (χ1n) is 10.3. The second-order valence-electron chi connectivity index (χ2n) is 6.99. The van der Waals surface area contributed by atoms with E-state index < -0.39 is 12.2 Å². The molecule has 0 unspecified atom stereocenters. The Morgan fingerprint density at radius 3 is 1.59 bits per heavy atom. The van der Waals surface area contributed by atoms with Crippen molar-refractivity contribution < 1.29 is 28.6 Å². The first-order valence-corrected chi connectivity index (χ1v) is 12.4. The van der Waals surface area contributed by atoms with E-state index >= 15 is 0 Å². The number of imide groups is 1. The number of amides is 2. The number of rotatable bonds is 8. The molecular formula is C25H23NO6S2. The summed E-state index contributed by atoms with van der Waals surface area (Å²) < 4.78 is 15.5. The monoisotopic (exact) mass is 497 g/mol. The number of hydrogen-bond acceptors (Lipinski definition) is 8. The predicted octanol–water partition coefficient (Wildman–Crippen LogP) is 6.67. The van der Waals surface area contributed by atoms with Gasteiger partial charge in [-0.1, -0.05) is 72.8 Å². The highest BCUT2D eigenvalue weighted by Gasteiger charge is 2.20. The number of ether oxygens (including phenoxy) is 3. The van der Waals surface area contributed by atoms with Crippen molar-refractivity contribution >= 4 is 39.1 Å². The lowest BCUT2D eigenvalue weighted by Gasteiger charge is -2.15. The number of carbonyl (C=O) groups excluding carboxylic acids is 3. The van der Waals surface area contributed by atoms with E-state index in [-0.39, 0.29) is 25.1 Å². The number of nitrogens with zero attached hydrogens (tertiary/aromatic N) is 1. The van der Waals surface area contributed by atoms with Gasteiger partial charge in [0.25, 0.3) is 0 Å². The maximum Gasteiger partial charge on any atom is 0.419 e. The summed E-state index contributed by atoms with van der Waals surface area (Å²) in [4.78, 5) is 37.7. The molecule has 3 rings (SSSR count). The van der Waals surface area contributed by atoms with Crippen LogP contribution in [-0.4, -0.2) is 29.4 Å². The molecule has 0 saturated carbocycles. The number of benzene rings is 3. The molecule has 0 aliphatic heterocycles. The van der Waals surface area contributed by atoms with E-state index in [1.807, 2.05) is 72.8 Å². The van der Waals surface area contributed by atoms with Gasteiger partial charge in [0.2, 0.25) is 0 Å². The third kappa shape index (κ3) is 8.49. The van der Waals surface area contributed by atoms with Gasteiger partial charge in [-0.25, -0.2) is 19.3 Å². The zero-order valence-electron chi connectivity index (χ0n) is 18.4. The third-order valence-electron chi connectivity index (χ3n) is 4.44. The van der Waals surface area contributed by atoms with Gasteiger partial charge in [0, 0.05) is 22.7 Å². The van der Waals surface area contributed by atoms with Crippen molar-refractivity contribution in [3.63, 3.8) is 0 Å². The van der Waals surface area contributed by atoms with Crippen molar-refractivity contribution in [2.24, 2.45) is 0 Å². The van der Waals surface area contributed by atoms with Gasteiger partial charge < -0.3 is 14.2 Å². The molecule has 0 bridgehead atoms. The SMILES string of the molecule is CN(C(=O)OCc1ccccc1)C(=O)OCc1ccc(SSC(=O)OCc2ccccc2)cc1. The van der Waals surface area contributed by atoms with E-state index in [1.165, 1.54) is 17.8 Å². The molecule has 7 nitrogen and oxygen atoms in total. The Hall–Kier alpha value is -3.43. The molecular weight excluding hydrogens is 474 g/mol. The Bertz CT molecular complexity index is 1080. The van der Waals surface area contributed by atoms with Crippen molar-refractivity contribution in [3.05, 3.63) is 102 Å². The van der Waals surface area contributed by atoms with Crippen molar-refractivity contribution in [3.8, 4) is 0 Å². The van der Waals surface area contributed by atoms with Crippen LogP contribution in [0.3, 0.4) is 0 Å². The minimum atomic E-state index is -0.812. The predicted molar refractivity (Wildman–Crippen MR) is 131 cm³/mol. The summed E-state index contributed by atoms with van der Waals surface area (Å²) in [5.41, 5.74) is 2.48. The molecule has 0 spiro atoms. The van der Waals surface area contributed by atoms with Crippen LogP contribution in [0.2, 0.25) is 0 Å². The van der Waals surface area contributed by atoms with Crippen LogP contribution in [0.15, 0.2) is 89.8 Å². The van der Waals surface area contributed by atoms with Crippen LogP contribution >= 0.6 is 21.6 Å². The molecule has 0 heterocycles. The smallest absolute Gasteiger partial charge is 0.419 e. The molecule has 176 valence electrons. The molecule has 34 heavy (non-hydrogen) atoms. The Morgan fingerprint density at radius 2 is 1.09 bits per heavy atom. The molecule has 3 aromatic carbocycles. The van der Waals surface area contributed by atoms with E-state index in [0.29, 0.717) is 0 Å².